The minimum Gasteiger partial charge on any atom is -0.338 e. The highest BCUT2D eigenvalue weighted by Gasteiger charge is 2.27. The van der Waals surface area contributed by atoms with Crippen LogP contribution in [0.3, 0.4) is 0 Å². The van der Waals surface area contributed by atoms with Crippen molar-refractivity contribution in [2.45, 2.75) is 38.6 Å². The van der Waals surface area contributed by atoms with Crippen molar-refractivity contribution in [3.05, 3.63) is 73.8 Å². The number of nitro benzene ring substituents is 1. The summed E-state index contributed by atoms with van der Waals surface area (Å²) >= 11 is 12.2. The zero-order valence-electron chi connectivity index (χ0n) is 15.4. The molecule has 2 aromatic carbocycles. The molecule has 1 saturated carbocycles. The Hall–Kier alpha value is -2.11. The van der Waals surface area contributed by atoms with Crippen molar-refractivity contribution in [2.75, 3.05) is 6.54 Å². The van der Waals surface area contributed by atoms with Crippen LogP contribution in [0, 0.1) is 16.0 Å². The van der Waals surface area contributed by atoms with Crippen molar-refractivity contribution < 1.29 is 9.72 Å². The monoisotopic (exact) mass is 420 g/mol. The van der Waals surface area contributed by atoms with Crippen LogP contribution < -0.4 is 0 Å². The number of carbonyl (C=O) groups excluding carboxylic acids is 1. The Morgan fingerprint density at radius 3 is 2.39 bits per heavy atom. The van der Waals surface area contributed by atoms with E-state index in [2.05, 4.69) is 0 Å². The third-order valence-electron chi connectivity index (χ3n) is 5.20. The molecule has 0 aromatic heterocycles. The van der Waals surface area contributed by atoms with Gasteiger partial charge < -0.3 is 4.90 Å². The first-order chi connectivity index (χ1) is 13.4. The number of nitro groups is 1. The Morgan fingerprint density at radius 2 is 1.79 bits per heavy atom. The number of halogens is 2. The van der Waals surface area contributed by atoms with E-state index in [1.807, 2.05) is 11.0 Å². The van der Waals surface area contributed by atoms with Crippen molar-refractivity contribution >= 4 is 34.8 Å². The molecule has 28 heavy (non-hydrogen) atoms. The van der Waals surface area contributed by atoms with Gasteiger partial charge in [0.2, 0.25) is 5.91 Å². The van der Waals surface area contributed by atoms with Gasteiger partial charge in [0.25, 0.3) is 5.69 Å². The van der Waals surface area contributed by atoms with E-state index in [4.69, 9.17) is 23.2 Å². The lowest BCUT2D eigenvalue weighted by atomic mass is 10.0. The van der Waals surface area contributed by atoms with E-state index in [1.165, 1.54) is 12.1 Å². The summed E-state index contributed by atoms with van der Waals surface area (Å²) in [7, 11) is 0. The van der Waals surface area contributed by atoms with Crippen molar-refractivity contribution in [1.29, 1.82) is 0 Å². The first kappa shape index (κ1) is 20.6. The normalized spacial score (nSPS) is 14.2. The number of carbonyl (C=O) groups is 1. The maximum Gasteiger partial charge on any atom is 0.269 e. The Labute approximate surface area is 174 Å². The largest absolute Gasteiger partial charge is 0.338 e. The fourth-order valence-electron chi connectivity index (χ4n) is 3.62. The molecule has 0 radical (unpaired) electrons. The van der Waals surface area contributed by atoms with Crippen LogP contribution in [0.1, 0.15) is 36.8 Å². The molecule has 1 aliphatic carbocycles. The molecule has 0 bridgehead atoms. The first-order valence-corrected chi connectivity index (χ1v) is 10.2. The smallest absolute Gasteiger partial charge is 0.269 e. The molecule has 0 heterocycles. The Kier molecular flexibility index (Phi) is 6.92. The molecule has 0 N–H and O–H groups in total. The van der Waals surface area contributed by atoms with Crippen LogP contribution in [0.15, 0.2) is 42.5 Å². The fourth-order valence-corrected chi connectivity index (χ4v) is 4.12. The third-order valence-corrected chi connectivity index (χ3v) is 5.79. The standard InChI is InChI=1S/C21H22Cl2N2O3/c22-18-8-7-16(20(23)13-18)11-12-24(21(26)17-3-1-2-4-17)14-15-5-9-19(10-6-15)25(27)28/h5-10,13,17H,1-4,11-12,14H2. The maximum atomic E-state index is 13.0. The summed E-state index contributed by atoms with van der Waals surface area (Å²) in [5, 5.41) is 12.0. The molecule has 0 unspecified atom stereocenters. The van der Waals surface area contributed by atoms with Gasteiger partial charge in [0.1, 0.15) is 0 Å². The Balaban J connectivity index is 1.74. The zero-order valence-corrected chi connectivity index (χ0v) is 17.0. The lowest BCUT2D eigenvalue weighted by Crippen LogP contribution is -2.36. The molecule has 5 nitrogen and oxygen atoms in total. The topological polar surface area (TPSA) is 63.5 Å². The molecule has 0 spiro atoms. The van der Waals surface area contributed by atoms with E-state index >= 15 is 0 Å². The molecule has 0 saturated heterocycles. The highest BCUT2D eigenvalue weighted by Crippen LogP contribution is 2.28. The van der Waals surface area contributed by atoms with Crippen LogP contribution >= 0.6 is 23.2 Å². The predicted molar refractivity (Wildman–Crippen MR) is 111 cm³/mol. The molecule has 2 aromatic rings. The lowest BCUT2D eigenvalue weighted by Gasteiger charge is -2.26. The van der Waals surface area contributed by atoms with E-state index in [-0.39, 0.29) is 17.5 Å². The van der Waals surface area contributed by atoms with E-state index in [9.17, 15) is 14.9 Å². The summed E-state index contributed by atoms with van der Waals surface area (Å²) in [4.78, 5) is 25.3. The van der Waals surface area contributed by atoms with E-state index in [0.29, 0.717) is 29.6 Å². The van der Waals surface area contributed by atoms with Gasteiger partial charge in [-0.05, 0) is 42.5 Å². The summed E-state index contributed by atoms with van der Waals surface area (Å²) in [6, 6.07) is 11.8. The molecule has 0 aliphatic heterocycles. The van der Waals surface area contributed by atoms with Gasteiger partial charge in [-0.2, -0.15) is 0 Å². The predicted octanol–water partition coefficient (Wildman–Crippen LogP) is 5.66. The highest BCUT2D eigenvalue weighted by molar-refractivity contribution is 6.35. The quantitative estimate of drug-likeness (QED) is 0.428. The number of benzene rings is 2. The second kappa shape index (κ2) is 9.39. The van der Waals surface area contributed by atoms with Crippen molar-refractivity contribution in [2.24, 2.45) is 5.92 Å². The van der Waals surface area contributed by atoms with E-state index in [1.54, 1.807) is 24.3 Å². The van der Waals surface area contributed by atoms with Crippen molar-refractivity contribution in [3.63, 3.8) is 0 Å². The molecule has 7 heteroatoms. The van der Waals surface area contributed by atoms with Gasteiger partial charge in [-0.3, -0.25) is 14.9 Å². The van der Waals surface area contributed by atoms with Gasteiger partial charge in [-0.25, -0.2) is 0 Å². The van der Waals surface area contributed by atoms with E-state index in [0.717, 1.165) is 36.8 Å². The minimum absolute atomic E-state index is 0.0466. The van der Waals surface area contributed by atoms with Crippen molar-refractivity contribution in [3.8, 4) is 0 Å². The van der Waals surface area contributed by atoms with Crippen LogP contribution in [-0.4, -0.2) is 22.3 Å². The number of amides is 1. The lowest BCUT2D eigenvalue weighted by molar-refractivity contribution is -0.384. The number of hydrogen-bond donors (Lipinski definition) is 0. The van der Waals surface area contributed by atoms with Gasteiger partial charge >= 0.3 is 0 Å². The molecule has 1 fully saturated rings. The first-order valence-electron chi connectivity index (χ1n) is 9.40. The van der Waals surface area contributed by atoms with Gasteiger partial charge in [-0.15, -0.1) is 0 Å². The molecule has 148 valence electrons. The van der Waals surface area contributed by atoms with Crippen LogP contribution in [0.25, 0.3) is 0 Å². The number of rotatable bonds is 7. The maximum absolute atomic E-state index is 13.0. The second-order valence-corrected chi connectivity index (χ2v) is 7.99. The summed E-state index contributed by atoms with van der Waals surface area (Å²) in [5.41, 5.74) is 1.86. The van der Waals surface area contributed by atoms with Crippen LogP contribution in [-0.2, 0) is 17.8 Å². The van der Waals surface area contributed by atoms with Crippen LogP contribution in [0.5, 0.6) is 0 Å². The minimum atomic E-state index is -0.423. The Morgan fingerprint density at radius 1 is 1.11 bits per heavy atom. The molecular formula is C21H22Cl2N2O3. The summed E-state index contributed by atoms with van der Waals surface area (Å²) in [6.07, 6.45) is 4.66. The second-order valence-electron chi connectivity index (χ2n) is 7.15. The molecule has 3 rings (SSSR count). The summed E-state index contributed by atoms with van der Waals surface area (Å²) in [6.45, 7) is 0.964. The van der Waals surface area contributed by atoms with E-state index < -0.39 is 4.92 Å². The summed E-state index contributed by atoms with van der Waals surface area (Å²) < 4.78 is 0. The van der Waals surface area contributed by atoms with Crippen molar-refractivity contribution in [1.82, 2.24) is 4.90 Å². The van der Waals surface area contributed by atoms with Crippen LogP contribution in [0.4, 0.5) is 5.69 Å². The fraction of sp³-hybridized carbons (Fsp3) is 0.381. The average molecular weight is 421 g/mol. The summed E-state index contributed by atoms with van der Waals surface area (Å²) in [5.74, 6) is 0.222. The van der Waals surface area contributed by atoms with Crippen LogP contribution in [0.2, 0.25) is 10.0 Å². The number of non-ortho nitro benzene ring substituents is 1. The molecule has 1 aliphatic rings. The van der Waals surface area contributed by atoms with Gasteiger partial charge in [-0.1, -0.05) is 54.2 Å². The molecule has 1 amide bonds. The average Bonchev–Trinajstić information content (AvgIpc) is 3.21. The highest BCUT2D eigenvalue weighted by atomic mass is 35.5. The SMILES string of the molecule is O=C(C1CCCC1)N(CCc1ccc(Cl)cc1Cl)Cc1ccc([N+](=O)[O-])cc1. The Bertz CT molecular complexity index is 849. The van der Waals surface area contributed by atoms with Gasteiger partial charge in [0.15, 0.2) is 0 Å². The van der Waals surface area contributed by atoms with Gasteiger partial charge in [0.05, 0.1) is 4.92 Å². The molecule has 0 atom stereocenters. The van der Waals surface area contributed by atoms with Gasteiger partial charge in [0, 0.05) is 41.2 Å². The third kappa shape index (κ3) is 5.24. The number of nitrogens with zero attached hydrogens (tertiary/aromatic N) is 2. The zero-order chi connectivity index (χ0) is 20.1. The molecular weight excluding hydrogens is 399 g/mol. The number of hydrogen-bond acceptors (Lipinski definition) is 3.